The molecule has 2 aromatic carbocycles. The molecule has 0 heterocycles. The third-order valence-corrected chi connectivity index (χ3v) is 4.82. The maximum atomic E-state index is 12.3. The zero-order chi connectivity index (χ0) is 22.8. The molecule has 2 aromatic rings. The number of phenols is 1. The first kappa shape index (κ1) is 24.4. The molecule has 7 N–H and O–H groups in total. The number of carbonyl (C=O) groups is 2. The van der Waals surface area contributed by atoms with Gasteiger partial charge < -0.3 is 36.0 Å². The van der Waals surface area contributed by atoms with Gasteiger partial charge in [0.25, 0.3) is 0 Å². The van der Waals surface area contributed by atoms with E-state index < -0.39 is 24.7 Å². The van der Waals surface area contributed by atoms with Gasteiger partial charge in [0.2, 0.25) is 5.91 Å². The summed E-state index contributed by atoms with van der Waals surface area (Å²) < 4.78 is 0. The van der Waals surface area contributed by atoms with Crippen LogP contribution in [0.3, 0.4) is 0 Å². The van der Waals surface area contributed by atoms with Gasteiger partial charge in [0.15, 0.2) is 0 Å². The normalized spacial score (nSPS) is 11.7. The van der Waals surface area contributed by atoms with E-state index in [0.717, 1.165) is 11.1 Å². The van der Waals surface area contributed by atoms with Crippen LogP contribution in [0.15, 0.2) is 42.5 Å². The van der Waals surface area contributed by atoms with Gasteiger partial charge in [-0.15, -0.1) is 0 Å². The molecule has 0 aliphatic rings. The van der Waals surface area contributed by atoms with Crippen LogP contribution in [-0.2, 0) is 24.2 Å². The predicted octanol–water partition coefficient (Wildman–Crippen LogP) is -0.0833. The van der Waals surface area contributed by atoms with Crippen LogP contribution in [0, 0.1) is 0 Å². The Morgan fingerprint density at radius 2 is 1.71 bits per heavy atom. The van der Waals surface area contributed by atoms with E-state index in [4.69, 9.17) is 10.2 Å². The number of aromatic hydroxyl groups is 1. The number of aliphatic hydroxyl groups excluding tert-OH is 1. The van der Waals surface area contributed by atoms with Crippen molar-refractivity contribution in [1.29, 1.82) is 0 Å². The van der Waals surface area contributed by atoms with E-state index in [9.17, 15) is 24.7 Å². The largest absolute Gasteiger partial charge is 0.507 e. The third-order valence-electron chi connectivity index (χ3n) is 4.82. The van der Waals surface area contributed by atoms with E-state index in [-0.39, 0.29) is 43.0 Å². The molecule has 10 heteroatoms. The molecule has 0 saturated heterocycles. The van der Waals surface area contributed by atoms with E-state index in [1.54, 1.807) is 0 Å². The van der Waals surface area contributed by atoms with Gasteiger partial charge in [-0.2, -0.15) is 0 Å². The van der Waals surface area contributed by atoms with Crippen molar-refractivity contribution in [1.82, 2.24) is 10.6 Å². The Hall–Kier alpha value is -2.92. The molecule has 0 aliphatic heterocycles. The van der Waals surface area contributed by atoms with Crippen molar-refractivity contribution in [2.45, 2.75) is 25.2 Å². The maximum absolute atomic E-state index is 12.3. The zero-order valence-corrected chi connectivity index (χ0v) is 17.0. The fourth-order valence-electron chi connectivity index (χ4n) is 3.07. The van der Waals surface area contributed by atoms with Crippen molar-refractivity contribution in [3.8, 4) is 5.75 Å². The molecular weight excluding hydrogens is 403 g/mol. The van der Waals surface area contributed by atoms with Crippen LogP contribution in [0.2, 0.25) is 5.82 Å². The van der Waals surface area contributed by atoms with Crippen LogP contribution in [0.25, 0.3) is 0 Å². The lowest BCUT2D eigenvalue weighted by Gasteiger charge is -2.18. The molecule has 0 unspecified atom stereocenters. The molecule has 31 heavy (non-hydrogen) atoms. The fraction of sp³-hybridized carbons (Fsp3) is 0.333. The lowest BCUT2D eigenvalue weighted by Crippen LogP contribution is -2.35. The highest BCUT2D eigenvalue weighted by Gasteiger charge is 2.26. The maximum Gasteiger partial charge on any atom is 0.456 e. The van der Waals surface area contributed by atoms with Crippen molar-refractivity contribution >= 4 is 19.0 Å². The van der Waals surface area contributed by atoms with Gasteiger partial charge in [0.05, 0.1) is 13.0 Å². The van der Waals surface area contributed by atoms with Crippen LogP contribution in [0.1, 0.15) is 27.0 Å². The molecule has 9 nitrogen and oxygen atoms in total. The second kappa shape index (κ2) is 12.1. The number of aliphatic hydroxyl groups is 1. The number of carbonyl (C=O) groups excluding carboxylic acids is 1. The highest BCUT2D eigenvalue weighted by molar-refractivity contribution is 6.43. The van der Waals surface area contributed by atoms with E-state index >= 15 is 0 Å². The minimum atomic E-state index is -1.76. The Bertz CT molecular complexity index is 875. The first-order valence-electron chi connectivity index (χ1n) is 9.88. The lowest BCUT2D eigenvalue weighted by molar-refractivity contribution is -0.120. The number of para-hydroxylation sites is 1. The molecule has 0 spiro atoms. The molecule has 2 rings (SSSR count). The first-order valence-corrected chi connectivity index (χ1v) is 9.88. The Balaban J connectivity index is 1.91. The molecule has 0 fully saturated rings. The van der Waals surface area contributed by atoms with E-state index in [2.05, 4.69) is 10.6 Å². The summed E-state index contributed by atoms with van der Waals surface area (Å²) in [5.41, 5.74) is 1.78. The Morgan fingerprint density at radius 1 is 1.03 bits per heavy atom. The number of nitrogens with one attached hydrogen (secondary N) is 2. The summed E-state index contributed by atoms with van der Waals surface area (Å²) >= 11 is 0. The Labute approximate surface area is 180 Å². The third kappa shape index (κ3) is 7.69. The summed E-state index contributed by atoms with van der Waals surface area (Å²) in [5.74, 6) is -2.86. The van der Waals surface area contributed by atoms with E-state index in [0.29, 0.717) is 13.1 Å². The van der Waals surface area contributed by atoms with Crippen LogP contribution >= 0.6 is 0 Å². The number of rotatable bonds is 12. The average Bonchev–Trinajstić information content (AvgIpc) is 2.73. The molecule has 0 bridgehead atoms. The number of amides is 1. The van der Waals surface area contributed by atoms with Gasteiger partial charge in [-0.1, -0.05) is 36.4 Å². The number of benzene rings is 2. The predicted molar refractivity (Wildman–Crippen MR) is 115 cm³/mol. The molecule has 166 valence electrons. The van der Waals surface area contributed by atoms with Gasteiger partial charge >= 0.3 is 13.1 Å². The molecule has 1 atom stereocenters. The summed E-state index contributed by atoms with van der Waals surface area (Å²) in [7, 11) is -1.76. The van der Waals surface area contributed by atoms with Crippen molar-refractivity contribution in [3.63, 3.8) is 0 Å². The summed E-state index contributed by atoms with van der Waals surface area (Å²) in [4.78, 5) is 23.4. The minimum Gasteiger partial charge on any atom is -0.507 e. The SMILES string of the molecule is O=C(Cc1ccc(CNCCO)cc1)NC[C@@H](Cc1cccc(C(=O)O)c1O)B(O)O. The van der Waals surface area contributed by atoms with Crippen molar-refractivity contribution in [3.05, 3.63) is 64.7 Å². The smallest absolute Gasteiger partial charge is 0.456 e. The number of hydrogen-bond donors (Lipinski definition) is 7. The highest BCUT2D eigenvalue weighted by Crippen LogP contribution is 2.27. The Morgan fingerprint density at radius 3 is 2.32 bits per heavy atom. The molecule has 0 aromatic heterocycles. The van der Waals surface area contributed by atoms with Gasteiger partial charge in [0.1, 0.15) is 11.3 Å². The standard InChI is InChI=1S/C21H27BN2O7/c25-9-8-23-12-15-6-4-14(5-7-15)10-19(26)24-13-17(22(30)31)11-16-2-1-3-18(20(16)27)21(28)29/h1-7,17,23,25,27,30-31H,8-13H2,(H,24,26)(H,28,29)/t17-/m1/s1. The van der Waals surface area contributed by atoms with Crippen LogP contribution < -0.4 is 10.6 Å². The summed E-state index contributed by atoms with van der Waals surface area (Å²) in [6.07, 6.45) is 0.0821. The first-order chi connectivity index (χ1) is 14.8. The molecule has 0 radical (unpaired) electrons. The van der Waals surface area contributed by atoms with Crippen LogP contribution in [0.5, 0.6) is 5.75 Å². The summed E-state index contributed by atoms with van der Waals surface area (Å²) in [6.45, 7) is 1.11. The molecule has 1 amide bonds. The topological polar surface area (TPSA) is 159 Å². The average molecular weight is 430 g/mol. The van der Waals surface area contributed by atoms with Crippen molar-refractivity contribution in [2.24, 2.45) is 0 Å². The lowest BCUT2D eigenvalue weighted by atomic mass is 9.69. The molecule has 0 saturated carbocycles. The number of hydrogen-bond acceptors (Lipinski definition) is 7. The second-order valence-electron chi connectivity index (χ2n) is 7.19. The second-order valence-corrected chi connectivity index (χ2v) is 7.19. The van der Waals surface area contributed by atoms with E-state index in [1.807, 2.05) is 24.3 Å². The number of carboxylic acids is 1. The fourth-order valence-corrected chi connectivity index (χ4v) is 3.07. The number of carboxylic acid groups (broad SMARTS) is 1. The van der Waals surface area contributed by atoms with Crippen LogP contribution in [-0.4, -0.2) is 64.1 Å². The molecule has 0 aliphatic carbocycles. The van der Waals surface area contributed by atoms with Crippen molar-refractivity contribution in [2.75, 3.05) is 19.7 Å². The van der Waals surface area contributed by atoms with Gasteiger partial charge in [-0.25, -0.2) is 4.79 Å². The zero-order valence-electron chi connectivity index (χ0n) is 17.0. The number of aromatic carboxylic acids is 1. The van der Waals surface area contributed by atoms with Gasteiger partial charge in [0, 0.05) is 25.5 Å². The minimum absolute atomic E-state index is 0.0273. The summed E-state index contributed by atoms with van der Waals surface area (Å²) in [5, 5.41) is 53.0. The summed E-state index contributed by atoms with van der Waals surface area (Å²) in [6, 6.07) is 11.6. The monoisotopic (exact) mass is 430 g/mol. The Kier molecular flexibility index (Phi) is 9.48. The van der Waals surface area contributed by atoms with Gasteiger partial charge in [-0.3, -0.25) is 4.79 Å². The van der Waals surface area contributed by atoms with Gasteiger partial charge in [-0.05, 0) is 29.2 Å². The van der Waals surface area contributed by atoms with Crippen molar-refractivity contribution < 1.29 is 35.0 Å². The van der Waals surface area contributed by atoms with E-state index in [1.165, 1.54) is 18.2 Å². The molecular formula is C21H27BN2O7. The van der Waals surface area contributed by atoms with Crippen LogP contribution in [0.4, 0.5) is 0 Å². The quantitative estimate of drug-likeness (QED) is 0.182. The highest BCUT2D eigenvalue weighted by atomic mass is 16.4.